The summed E-state index contributed by atoms with van der Waals surface area (Å²) in [4.78, 5) is 0. The fourth-order valence-electron chi connectivity index (χ4n) is 0.397. The van der Waals surface area contributed by atoms with Gasteiger partial charge in [0.1, 0.15) is 0 Å². The predicted molar refractivity (Wildman–Crippen MR) is 35.6 cm³/mol. The van der Waals surface area contributed by atoms with Gasteiger partial charge in [-0.3, -0.25) is 0 Å². The molecule has 5 heteroatoms. The highest BCUT2D eigenvalue weighted by Gasteiger charge is 2.22. The van der Waals surface area contributed by atoms with Crippen LogP contribution in [0.5, 0.6) is 0 Å². The predicted octanol–water partition coefficient (Wildman–Crippen LogP) is 0.265. The first-order valence-electron chi connectivity index (χ1n) is 2.59. The van der Waals surface area contributed by atoms with Crippen molar-refractivity contribution < 1.29 is 12.6 Å². The molecule has 0 unspecified atom stereocenters. The van der Waals surface area contributed by atoms with Crippen molar-refractivity contribution in [2.75, 3.05) is 6.26 Å². The largest absolute Gasteiger partial charge is 0.265 e. The third-order valence-corrected chi connectivity index (χ3v) is 1.35. The summed E-state index contributed by atoms with van der Waals surface area (Å²) in [6.45, 7) is 2.77. The van der Waals surface area contributed by atoms with Crippen LogP contribution in [0.1, 0.15) is 13.8 Å². The minimum atomic E-state index is -3.52. The molecule has 10 heavy (non-hydrogen) atoms. The van der Waals surface area contributed by atoms with Crippen LogP contribution in [0, 0.1) is 11.3 Å². The summed E-state index contributed by atoms with van der Waals surface area (Å²) in [5.74, 6) is 0. The second-order valence-corrected chi connectivity index (χ2v) is 3.98. The van der Waals surface area contributed by atoms with Crippen LogP contribution in [-0.4, -0.2) is 20.3 Å². The van der Waals surface area contributed by atoms with Crippen LogP contribution in [0.25, 0.3) is 0 Å². The normalized spacial score (nSPS) is 12.6. The smallest absolute Gasteiger partial charge is 0.249 e. The van der Waals surface area contributed by atoms with Gasteiger partial charge in [0, 0.05) is 0 Å². The molecule has 0 aliphatic carbocycles. The summed E-state index contributed by atoms with van der Waals surface area (Å²) < 4.78 is 25.3. The Kier molecular flexibility index (Phi) is 2.41. The quantitative estimate of drug-likeness (QED) is 0.548. The zero-order valence-corrected chi connectivity index (χ0v) is 6.90. The van der Waals surface area contributed by atoms with Gasteiger partial charge in [0.15, 0.2) is 5.60 Å². The molecule has 0 heterocycles. The second-order valence-electron chi connectivity index (χ2n) is 2.41. The van der Waals surface area contributed by atoms with Gasteiger partial charge in [-0.15, -0.1) is 0 Å². The fourth-order valence-corrected chi connectivity index (χ4v) is 1.19. The molecule has 0 aromatic heterocycles. The van der Waals surface area contributed by atoms with Crippen LogP contribution >= 0.6 is 0 Å². The Morgan fingerprint density at radius 2 is 1.90 bits per heavy atom. The Balaban J connectivity index is 4.35. The van der Waals surface area contributed by atoms with Gasteiger partial charge in [-0.25, -0.2) is 4.18 Å². The molecule has 0 amide bonds. The highest BCUT2D eigenvalue weighted by Crippen LogP contribution is 2.09. The SMILES string of the molecule is CC(C)(C#N)OS(C)(=O)=O. The molecule has 0 rings (SSSR count). The molecule has 0 fully saturated rings. The van der Waals surface area contributed by atoms with Crippen LogP contribution in [-0.2, 0) is 14.3 Å². The van der Waals surface area contributed by atoms with Crippen molar-refractivity contribution in [1.29, 1.82) is 5.26 Å². The number of hydrogen-bond donors (Lipinski definition) is 0. The zero-order chi connectivity index (χ0) is 8.41. The summed E-state index contributed by atoms with van der Waals surface area (Å²) in [5.41, 5.74) is -1.26. The van der Waals surface area contributed by atoms with Gasteiger partial charge in [0.2, 0.25) is 0 Å². The van der Waals surface area contributed by atoms with Crippen molar-refractivity contribution in [1.82, 2.24) is 0 Å². The first kappa shape index (κ1) is 9.40. The third-order valence-electron chi connectivity index (χ3n) is 0.629. The van der Waals surface area contributed by atoms with Gasteiger partial charge < -0.3 is 0 Å². The minimum Gasteiger partial charge on any atom is -0.249 e. The lowest BCUT2D eigenvalue weighted by Gasteiger charge is -2.12. The zero-order valence-electron chi connectivity index (χ0n) is 6.08. The van der Waals surface area contributed by atoms with E-state index in [1.807, 2.05) is 0 Å². The molecule has 58 valence electrons. The van der Waals surface area contributed by atoms with E-state index in [2.05, 4.69) is 4.18 Å². The number of nitrogens with zero attached hydrogens (tertiary/aromatic N) is 1. The maximum absolute atomic E-state index is 10.4. The summed E-state index contributed by atoms with van der Waals surface area (Å²) in [5, 5.41) is 8.32. The fraction of sp³-hybridized carbons (Fsp3) is 0.800. The van der Waals surface area contributed by atoms with E-state index >= 15 is 0 Å². The molecule has 0 atom stereocenters. The molecule has 0 saturated heterocycles. The van der Waals surface area contributed by atoms with Crippen LogP contribution in [0.15, 0.2) is 0 Å². The van der Waals surface area contributed by atoms with Crippen molar-refractivity contribution >= 4 is 10.1 Å². The minimum absolute atomic E-state index is 0.909. The Morgan fingerprint density at radius 1 is 1.50 bits per heavy atom. The topological polar surface area (TPSA) is 67.2 Å². The van der Waals surface area contributed by atoms with E-state index in [4.69, 9.17) is 5.26 Å². The van der Waals surface area contributed by atoms with Crippen molar-refractivity contribution in [3.8, 4) is 6.07 Å². The van der Waals surface area contributed by atoms with Crippen molar-refractivity contribution in [3.63, 3.8) is 0 Å². The van der Waals surface area contributed by atoms with Crippen LogP contribution in [0.2, 0.25) is 0 Å². The van der Waals surface area contributed by atoms with E-state index in [1.165, 1.54) is 13.8 Å². The number of rotatable bonds is 2. The molecule has 4 nitrogen and oxygen atoms in total. The lowest BCUT2D eigenvalue weighted by molar-refractivity contribution is 0.180. The monoisotopic (exact) mass is 163 g/mol. The maximum atomic E-state index is 10.4. The molecule has 0 saturated carbocycles. The van der Waals surface area contributed by atoms with E-state index in [0.29, 0.717) is 0 Å². The molecular formula is C5H9NO3S. The van der Waals surface area contributed by atoms with Gasteiger partial charge in [-0.05, 0) is 13.8 Å². The van der Waals surface area contributed by atoms with Crippen LogP contribution in [0.3, 0.4) is 0 Å². The van der Waals surface area contributed by atoms with Gasteiger partial charge in [0.25, 0.3) is 10.1 Å². The standard InChI is InChI=1S/C5H9NO3S/c1-5(2,4-6)9-10(3,7)8/h1-3H3. The van der Waals surface area contributed by atoms with Crippen LogP contribution in [0.4, 0.5) is 0 Å². The molecule has 0 bridgehead atoms. The highest BCUT2D eigenvalue weighted by molar-refractivity contribution is 7.86. The Bertz CT molecular complexity index is 247. The van der Waals surface area contributed by atoms with Crippen molar-refractivity contribution in [3.05, 3.63) is 0 Å². The van der Waals surface area contributed by atoms with E-state index in [0.717, 1.165) is 6.26 Å². The Hall–Kier alpha value is -0.600. The third kappa shape index (κ3) is 4.30. The van der Waals surface area contributed by atoms with E-state index in [1.54, 1.807) is 6.07 Å². The second kappa shape index (κ2) is 2.56. The lowest BCUT2D eigenvalue weighted by atomic mass is 10.2. The summed E-state index contributed by atoms with van der Waals surface area (Å²) >= 11 is 0. The van der Waals surface area contributed by atoms with Gasteiger partial charge in [-0.1, -0.05) is 0 Å². The van der Waals surface area contributed by atoms with Gasteiger partial charge in [-0.2, -0.15) is 13.7 Å². The highest BCUT2D eigenvalue weighted by atomic mass is 32.2. The Labute approximate surface area is 60.5 Å². The van der Waals surface area contributed by atoms with E-state index in [9.17, 15) is 8.42 Å². The molecule has 0 aliphatic rings. The number of nitriles is 1. The Morgan fingerprint density at radius 3 is 2.00 bits per heavy atom. The van der Waals surface area contributed by atoms with Gasteiger partial charge >= 0.3 is 0 Å². The molecule has 0 aliphatic heterocycles. The average Bonchev–Trinajstić information content (AvgIpc) is 1.60. The maximum Gasteiger partial charge on any atom is 0.265 e. The van der Waals surface area contributed by atoms with E-state index < -0.39 is 15.7 Å². The average molecular weight is 163 g/mol. The van der Waals surface area contributed by atoms with Gasteiger partial charge in [0.05, 0.1) is 12.3 Å². The van der Waals surface area contributed by atoms with Crippen molar-refractivity contribution in [2.24, 2.45) is 0 Å². The molecule has 0 spiro atoms. The summed E-state index contributed by atoms with van der Waals surface area (Å²) in [6.07, 6.45) is 0.909. The molecule has 0 radical (unpaired) electrons. The number of hydrogen-bond acceptors (Lipinski definition) is 4. The first-order chi connectivity index (χ1) is 4.27. The lowest BCUT2D eigenvalue weighted by Crippen LogP contribution is -2.25. The van der Waals surface area contributed by atoms with Crippen molar-refractivity contribution in [2.45, 2.75) is 19.4 Å². The molecule has 0 aromatic carbocycles. The first-order valence-corrected chi connectivity index (χ1v) is 4.40. The molecular weight excluding hydrogens is 154 g/mol. The summed E-state index contributed by atoms with van der Waals surface area (Å²) in [6, 6.07) is 1.70. The van der Waals surface area contributed by atoms with E-state index in [-0.39, 0.29) is 0 Å². The summed E-state index contributed by atoms with van der Waals surface area (Å²) in [7, 11) is -3.52. The molecule has 0 N–H and O–H groups in total. The molecule has 0 aromatic rings. The van der Waals surface area contributed by atoms with Crippen LogP contribution < -0.4 is 0 Å².